The highest BCUT2D eigenvalue weighted by Crippen LogP contribution is 2.32. The first-order valence-electron chi connectivity index (χ1n) is 6.05. The van der Waals surface area contributed by atoms with Crippen molar-refractivity contribution in [2.75, 3.05) is 25.3 Å². The molecule has 2 rings (SSSR count). The highest BCUT2D eigenvalue weighted by atomic mass is 32.2. The van der Waals surface area contributed by atoms with Gasteiger partial charge in [-0.3, -0.25) is 4.98 Å². The van der Waals surface area contributed by atoms with Gasteiger partial charge in [0.1, 0.15) is 5.75 Å². The normalized spacial score (nSPS) is 10.3. The van der Waals surface area contributed by atoms with E-state index in [-0.39, 0.29) is 0 Å². The highest BCUT2D eigenvalue weighted by molar-refractivity contribution is 7.98. The largest absolute Gasteiger partial charge is 0.454 e. The molecule has 4 heteroatoms. The topological polar surface area (TPSA) is 25.4 Å². The second-order valence-corrected chi connectivity index (χ2v) is 5.32. The Morgan fingerprint density at radius 3 is 2.63 bits per heavy atom. The van der Waals surface area contributed by atoms with Crippen molar-refractivity contribution in [2.24, 2.45) is 0 Å². The van der Waals surface area contributed by atoms with Crippen molar-refractivity contribution in [3.8, 4) is 11.5 Å². The number of rotatable bonds is 4. The molecule has 0 atom stereocenters. The minimum Gasteiger partial charge on any atom is -0.454 e. The Labute approximate surface area is 118 Å². The van der Waals surface area contributed by atoms with Gasteiger partial charge in [-0.1, -0.05) is 0 Å². The molecule has 1 aromatic carbocycles. The van der Waals surface area contributed by atoms with Crippen LogP contribution in [0.25, 0.3) is 0 Å². The second-order valence-electron chi connectivity index (χ2n) is 4.47. The zero-order chi connectivity index (χ0) is 13.8. The van der Waals surface area contributed by atoms with E-state index in [2.05, 4.69) is 30.3 Å². The van der Waals surface area contributed by atoms with E-state index in [1.165, 1.54) is 10.5 Å². The van der Waals surface area contributed by atoms with Gasteiger partial charge < -0.3 is 9.64 Å². The van der Waals surface area contributed by atoms with Crippen LogP contribution in [0.1, 0.15) is 5.56 Å². The number of pyridine rings is 1. The SMILES string of the molecule is CSc1ccc(Oc2cnccc2N(C)C)cc1C. The van der Waals surface area contributed by atoms with E-state index in [4.69, 9.17) is 4.74 Å². The van der Waals surface area contributed by atoms with Gasteiger partial charge in [0.2, 0.25) is 0 Å². The van der Waals surface area contributed by atoms with Gasteiger partial charge in [-0.2, -0.15) is 0 Å². The van der Waals surface area contributed by atoms with Crippen molar-refractivity contribution in [3.05, 3.63) is 42.2 Å². The molecule has 0 fully saturated rings. The fourth-order valence-corrected chi connectivity index (χ4v) is 2.45. The van der Waals surface area contributed by atoms with E-state index in [0.29, 0.717) is 0 Å². The lowest BCUT2D eigenvalue weighted by molar-refractivity contribution is 0.479. The summed E-state index contributed by atoms with van der Waals surface area (Å²) in [5.74, 6) is 1.61. The van der Waals surface area contributed by atoms with E-state index >= 15 is 0 Å². The van der Waals surface area contributed by atoms with Crippen molar-refractivity contribution >= 4 is 17.4 Å². The van der Waals surface area contributed by atoms with Gasteiger partial charge >= 0.3 is 0 Å². The summed E-state index contributed by atoms with van der Waals surface area (Å²) in [4.78, 5) is 7.41. The summed E-state index contributed by atoms with van der Waals surface area (Å²) in [7, 11) is 3.98. The lowest BCUT2D eigenvalue weighted by Crippen LogP contribution is -2.09. The molecule has 0 bridgehead atoms. The number of ether oxygens (including phenoxy) is 1. The molecule has 100 valence electrons. The van der Waals surface area contributed by atoms with Gasteiger partial charge in [-0.25, -0.2) is 0 Å². The maximum Gasteiger partial charge on any atom is 0.168 e. The number of aromatic nitrogens is 1. The van der Waals surface area contributed by atoms with Crippen LogP contribution in [0.4, 0.5) is 5.69 Å². The maximum absolute atomic E-state index is 5.94. The van der Waals surface area contributed by atoms with Gasteiger partial charge in [0.25, 0.3) is 0 Å². The van der Waals surface area contributed by atoms with Gasteiger partial charge in [0.15, 0.2) is 5.75 Å². The summed E-state index contributed by atoms with van der Waals surface area (Å²) < 4.78 is 5.94. The molecular weight excluding hydrogens is 256 g/mol. The molecule has 1 heterocycles. The van der Waals surface area contributed by atoms with Crippen LogP contribution in [0, 0.1) is 6.92 Å². The molecule has 19 heavy (non-hydrogen) atoms. The molecule has 3 nitrogen and oxygen atoms in total. The molecule has 0 aliphatic heterocycles. The molecule has 2 aromatic rings. The Balaban J connectivity index is 2.29. The first kappa shape index (κ1) is 13.7. The summed E-state index contributed by atoms with van der Waals surface area (Å²) in [5.41, 5.74) is 2.24. The summed E-state index contributed by atoms with van der Waals surface area (Å²) in [5, 5.41) is 0. The smallest absolute Gasteiger partial charge is 0.168 e. The van der Waals surface area contributed by atoms with E-state index in [1.54, 1.807) is 24.2 Å². The monoisotopic (exact) mass is 274 g/mol. The van der Waals surface area contributed by atoms with Crippen molar-refractivity contribution in [1.82, 2.24) is 4.98 Å². The zero-order valence-electron chi connectivity index (χ0n) is 11.7. The number of thioether (sulfide) groups is 1. The summed E-state index contributed by atoms with van der Waals surface area (Å²) in [6, 6.07) is 8.07. The molecule has 1 aromatic heterocycles. The molecule has 0 aliphatic rings. The number of anilines is 1. The third kappa shape index (κ3) is 3.20. The van der Waals surface area contributed by atoms with E-state index in [0.717, 1.165) is 17.2 Å². The quantitative estimate of drug-likeness (QED) is 0.788. The molecule has 0 saturated heterocycles. The average Bonchev–Trinajstić information content (AvgIpc) is 2.39. The Morgan fingerprint density at radius 2 is 2.00 bits per heavy atom. The molecular formula is C15H18N2OS. The van der Waals surface area contributed by atoms with E-state index in [1.807, 2.05) is 31.1 Å². The zero-order valence-corrected chi connectivity index (χ0v) is 12.5. The molecule has 0 unspecified atom stereocenters. The number of hydrogen-bond donors (Lipinski definition) is 0. The van der Waals surface area contributed by atoms with Crippen molar-refractivity contribution in [1.29, 1.82) is 0 Å². The number of benzene rings is 1. The summed E-state index contributed by atoms with van der Waals surface area (Å²) >= 11 is 1.74. The lowest BCUT2D eigenvalue weighted by atomic mass is 10.2. The van der Waals surface area contributed by atoms with Crippen LogP contribution < -0.4 is 9.64 Å². The minimum absolute atomic E-state index is 0.767. The predicted octanol–water partition coefficient (Wildman–Crippen LogP) is 3.97. The van der Waals surface area contributed by atoms with Gasteiger partial charge in [-0.05, 0) is 43.0 Å². The fourth-order valence-electron chi connectivity index (χ4n) is 1.86. The number of aryl methyl sites for hydroxylation is 1. The fraction of sp³-hybridized carbons (Fsp3) is 0.267. The first-order valence-corrected chi connectivity index (χ1v) is 7.28. The third-order valence-electron chi connectivity index (χ3n) is 2.84. The Hall–Kier alpha value is -1.68. The van der Waals surface area contributed by atoms with Crippen LogP contribution >= 0.6 is 11.8 Å². The molecule has 0 N–H and O–H groups in total. The highest BCUT2D eigenvalue weighted by Gasteiger charge is 2.07. The van der Waals surface area contributed by atoms with Crippen LogP contribution in [0.5, 0.6) is 11.5 Å². The van der Waals surface area contributed by atoms with Gasteiger partial charge in [0, 0.05) is 25.2 Å². The summed E-state index contributed by atoms with van der Waals surface area (Å²) in [6.45, 7) is 2.09. The van der Waals surface area contributed by atoms with Gasteiger partial charge in [0.05, 0.1) is 11.9 Å². The Morgan fingerprint density at radius 1 is 1.21 bits per heavy atom. The van der Waals surface area contributed by atoms with Crippen LogP contribution in [0.3, 0.4) is 0 Å². The molecule has 0 spiro atoms. The van der Waals surface area contributed by atoms with Gasteiger partial charge in [-0.15, -0.1) is 11.8 Å². The molecule has 0 aliphatic carbocycles. The van der Waals surface area contributed by atoms with Crippen molar-refractivity contribution < 1.29 is 4.74 Å². The number of nitrogens with zero attached hydrogens (tertiary/aromatic N) is 2. The average molecular weight is 274 g/mol. The Bertz CT molecular complexity index is 570. The standard InChI is InChI=1S/C15H18N2OS/c1-11-9-12(5-6-15(11)19-4)18-14-10-16-8-7-13(14)17(2)3/h5-10H,1-4H3. The summed E-state index contributed by atoms with van der Waals surface area (Å²) in [6.07, 6.45) is 5.59. The maximum atomic E-state index is 5.94. The lowest BCUT2D eigenvalue weighted by Gasteiger charge is -2.17. The molecule has 0 radical (unpaired) electrons. The molecule has 0 amide bonds. The van der Waals surface area contributed by atoms with Crippen LogP contribution in [0.15, 0.2) is 41.6 Å². The predicted molar refractivity (Wildman–Crippen MR) is 81.6 cm³/mol. The van der Waals surface area contributed by atoms with E-state index in [9.17, 15) is 0 Å². The first-order chi connectivity index (χ1) is 9.11. The van der Waals surface area contributed by atoms with Crippen LogP contribution in [0.2, 0.25) is 0 Å². The molecule has 0 saturated carbocycles. The van der Waals surface area contributed by atoms with Crippen molar-refractivity contribution in [2.45, 2.75) is 11.8 Å². The van der Waals surface area contributed by atoms with Crippen LogP contribution in [-0.2, 0) is 0 Å². The van der Waals surface area contributed by atoms with Crippen molar-refractivity contribution in [3.63, 3.8) is 0 Å². The third-order valence-corrected chi connectivity index (χ3v) is 3.74. The van der Waals surface area contributed by atoms with E-state index < -0.39 is 0 Å². The minimum atomic E-state index is 0.767. The Kier molecular flexibility index (Phi) is 4.32. The number of hydrogen-bond acceptors (Lipinski definition) is 4. The van der Waals surface area contributed by atoms with Crippen LogP contribution in [-0.4, -0.2) is 25.3 Å². The second kappa shape index (κ2) is 5.97.